The summed E-state index contributed by atoms with van der Waals surface area (Å²) in [5, 5.41) is 7.88. The van der Waals surface area contributed by atoms with Crippen LogP contribution in [-0.4, -0.2) is 29.0 Å². The van der Waals surface area contributed by atoms with Crippen LogP contribution < -0.4 is 20.5 Å². The molecule has 0 atom stereocenters. The molecule has 0 saturated heterocycles. The van der Waals surface area contributed by atoms with Crippen LogP contribution in [0.25, 0.3) is 11.3 Å². The van der Waals surface area contributed by atoms with E-state index in [1.807, 2.05) is 13.0 Å². The minimum absolute atomic E-state index is 0.356. The summed E-state index contributed by atoms with van der Waals surface area (Å²) in [6, 6.07) is 8.87. The summed E-state index contributed by atoms with van der Waals surface area (Å²) < 4.78 is 12.6. The average molecular weight is 407 g/mol. The van der Waals surface area contributed by atoms with Crippen LogP contribution in [0.4, 0.5) is 10.5 Å². The van der Waals surface area contributed by atoms with Crippen LogP contribution >= 0.6 is 22.9 Å². The third-order valence-corrected chi connectivity index (χ3v) is 4.81. The second-order valence-electron chi connectivity index (χ2n) is 5.69. The smallest absolute Gasteiger partial charge is 0.417 e. The third kappa shape index (κ3) is 4.60. The van der Waals surface area contributed by atoms with E-state index in [0.717, 1.165) is 4.88 Å². The summed E-state index contributed by atoms with van der Waals surface area (Å²) in [6.45, 7) is 2.68. The van der Waals surface area contributed by atoms with Crippen molar-refractivity contribution < 1.29 is 14.3 Å². The van der Waals surface area contributed by atoms with E-state index in [1.54, 1.807) is 42.2 Å². The molecule has 2 aromatic heterocycles. The lowest BCUT2D eigenvalue weighted by atomic mass is 10.1. The van der Waals surface area contributed by atoms with Gasteiger partial charge in [-0.1, -0.05) is 11.6 Å². The Hall–Kier alpha value is -2.55. The van der Waals surface area contributed by atoms with Gasteiger partial charge in [-0.3, -0.25) is 10.00 Å². The second-order valence-corrected chi connectivity index (χ2v) is 7.35. The van der Waals surface area contributed by atoms with Gasteiger partial charge < -0.3 is 15.2 Å². The van der Waals surface area contributed by atoms with Crippen LogP contribution in [-0.2, 0) is 7.05 Å². The van der Waals surface area contributed by atoms with Gasteiger partial charge in [0.05, 0.1) is 16.9 Å². The molecule has 2 heterocycles. The lowest BCUT2D eigenvalue weighted by Crippen LogP contribution is -2.16. The second kappa shape index (κ2) is 8.43. The molecule has 0 spiro atoms. The number of hydrogen-bond donors (Lipinski definition) is 2. The zero-order chi connectivity index (χ0) is 19.4. The van der Waals surface area contributed by atoms with Crippen LogP contribution in [0.5, 0.6) is 10.8 Å². The third-order valence-electron chi connectivity index (χ3n) is 3.66. The molecule has 27 heavy (non-hydrogen) atoms. The Morgan fingerprint density at radius 3 is 2.81 bits per heavy atom. The van der Waals surface area contributed by atoms with E-state index < -0.39 is 6.09 Å². The maximum atomic E-state index is 12.2. The first-order chi connectivity index (χ1) is 13.0. The number of hydrogen-bond acceptors (Lipinski definition) is 6. The molecule has 1 aromatic carbocycles. The van der Waals surface area contributed by atoms with Gasteiger partial charge in [-0.2, -0.15) is 5.10 Å². The Bertz CT molecular complexity index is 934. The van der Waals surface area contributed by atoms with Crippen molar-refractivity contribution in [2.45, 2.75) is 6.92 Å². The predicted molar refractivity (Wildman–Crippen MR) is 107 cm³/mol. The zero-order valence-corrected chi connectivity index (χ0v) is 16.4. The number of thiophene rings is 1. The summed E-state index contributed by atoms with van der Waals surface area (Å²) in [4.78, 5) is 13.2. The minimum Gasteiger partial charge on any atom is -0.492 e. The highest BCUT2D eigenvalue weighted by Crippen LogP contribution is 2.36. The standard InChI is InChI=1S/C18H19ClN4O3S/c1-11-3-6-16(27-11)26-18(24)22-12-4-5-15(25-8-7-20)13(9-12)17-14(19)10-21-23(17)2/h3-6,9-10H,7-8,20H2,1-2H3,(H,22,24). The number of anilines is 1. The fourth-order valence-electron chi connectivity index (χ4n) is 2.50. The van der Waals surface area contributed by atoms with Crippen LogP contribution in [0.15, 0.2) is 36.5 Å². The molecule has 0 aliphatic carbocycles. The van der Waals surface area contributed by atoms with E-state index in [2.05, 4.69) is 10.4 Å². The molecule has 3 aromatic rings. The fraction of sp³-hybridized carbons (Fsp3) is 0.222. The van der Waals surface area contributed by atoms with E-state index >= 15 is 0 Å². The predicted octanol–water partition coefficient (Wildman–Crippen LogP) is 4.06. The maximum absolute atomic E-state index is 12.2. The number of nitrogens with zero attached hydrogens (tertiary/aromatic N) is 2. The van der Waals surface area contributed by atoms with Gasteiger partial charge in [-0.25, -0.2) is 4.79 Å². The summed E-state index contributed by atoms with van der Waals surface area (Å²) in [5.41, 5.74) is 7.45. The number of benzene rings is 1. The number of halogens is 1. The van der Waals surface area contributed by atoms with Gasteiger partial charge in [0, 0.05) is 29.7 Å². The Morgan fingerprint density at radius 1 is 1.37 bits per heavy atom. The number of nitrogens with two attached hydrogens (primary N) is 1. The van der Waals surface area contributed by atoms with E-state index in [-0.39, 0.29) is 0 Å². The molecule has 9 heteroatoms. The van der Waals surface area contributed by atoms with Crippen LogP contribution in [0.2, 0.25) is 5.02 Å². The Kier molecular flexibility index (Phi) is 6.00. The SMILES string of the molecule is Cc1ccc(OC(=O)Nc2ccc(OCCN)c(-c3c(Cl)cnn3C)c2)s1. The highest BCUT2D eigenvalue weighted by molar-refractivity contribution is 7.13. The fourth-order valence-corrected chi connectivity index (χ4v) is 3.48. The highest BCUT2D eigenvalue weighted by Gasteiger charge is 2.17. The van der Waals surface area contributed by atoms with Crippen molar-refractivity contribution in [3.05, 3.63) is 46.4 Å². The van der Waals surface area contributed by atoms with Crippen molar-refractivity contribution in [2.75, 3.05) is 18.5 Å². The number of aryl methyl sites for hydroxylation is 2. The molecule has 0 aliphatic rings. The molecular formula is C18H19ClN4O3S. The first-order valence-corrected chi connectivity index (χ1v) is 9.37. The monoisotopic (exact) mass is 406 g/mol. The van der Waals surface area contributed by atoms with Crippen molar-refractivity contribution in [3.63, 3.8) is 0 Å². The molecule has 0 aliphatic heterocycles. The van der Waals surface area contributed by atoms with Crippen LogP contribution in [0, 0.1) is 6.92 Å². The van der Waals surface area contributed by atoms with Gasteiger partial charge in [0.2, 0.25) is 0 Å². The number of rotatable bonds is 6. The highest BCUT2D eigenvalue weighted by atomic mass is 35.5. The van der Waals surface area contributed by atoms with E-state index in [4.69, 9.17) is 26.8 Å². The average Bonchev–Trinajstić information content (AvgIpc) is 3.18. The molecule has 0 radical (unpaired) electrons. The number of ether oxygens (including phenoxy) is 2. The molecule has 1 amide bonds. The minimum atomic E-state index is -0.575. The van der Waals surface area contributed by atoms with Crippen LogP contribution in [0.3, 0.4) is 0 Å². The van der Waals surface area contributed by atoms with E-state index in [9.17, 15) is 4.79 Å². The molecule has 0 fully saturated rings. The first-order valence-electron chi connectivity index (χ1n) is 8.18. The zero-order valence-electron chi connectivity index (χ0n) is 14.9. The molecule has 0 saturated carbocycles. The summed E-state index contributed by atoms with van der Waals surface area (Å²) >= 11 is 7.68. The molecular weight excluding hydrogens is 388 g/mol. The topological polar surface area (TPSA) is 91.4 Å². The van der Waals surface area contributed by atoms with E-state index in [0.29, 0.717) is 45.9 Å². The van der Waals surface area contributed by atoms with Gasteiger partial charge in [0.15, 0.2) is 5.06 Å². The largest absolute Gasteiger partial charge is 0.492 e. The van der Waals surface area contributed by atoms with Gasteiger partial charge in [-0.05, 0) is 37.3 Å². The number of nitrogens with one attached hydrogen (secondary N) is 1. The van der Waals surface area contributed by atoms with Gasteiger partial charge >= 0.3 is 6.09 Å². The van der Waals surface area contributed by atoms with Crippen LogP contribution in [0.1, 0.15) is 4.88 Å². The van der Waals surface area contributed by atoms with Crippen molar-refractivity contribution in [2.24, 2.45) is 12.8 Å². The Morgan fingerprint density at radius 2 is 2.19 bits per heavy atom. The molecule has 7 nitrogen and oxygen atoms in total. The normalized spacial score (nSPS) is 10.7. The number of carbonyl (C=O) groups excluding carboxylic acids is 1. The Labute approximate surface area is 165 Å². The Balaban J connectivity index is 1.86. The quantitative estimate of drug-likeness (QED) is 0.644. The van der Waals surface area contributed by atoms with Gasteiger partial charge in [0.25, 0.3) is 0 Å². The van der Waals surface area contributed by atoms with E-state index in [1.165, 1.54) is 11.3 Å². The molecule has 3 N–H and O–H groups in total. The van der Waals surface area contributed by atoms with Crippen molar-refractivity contribution >= 4 is 34.7 Å². The van der Waals surface area contributed by atoms with Gasteiger partial charge in [-0.15, -0.1) is 11.3 Å². The molecule has 0 unspecified atom stereocenters. The summed E-state index contributed by atoms with van der Waals surface area (Å²) in [6.07, 6.45) is 0.978. The van der Waals surface area contributed by atoms with Crippen molar-refractivity contribution in [3.8, 4) is 22.1 Å². The molecule has 0 bridgehead atoms. The number of carbonyl (C=O) groups is 1. The van der Waals surface area contributed by atoms with Crippen molar-refractivity contribution in [1.29, 1.82) is 0 Å². The van der Waals surface area contributed by atoms with Crippen molar-refractivity contribution in [1.82, 2.24) is 9.78 Å². The molecule has 142 valence electrons. The number of aromatic nitrogens is 2. The number of amides is 1. The molecule has 3 rings (SSSR count). The summed E-state index contributed by atoms with van der Waals surface area (Å²) in [7, 11) is 1.78. The lowest BCUT2D eigenvalue weighted by molar-refractivity contribution is 0.216. The maximum Gasteiger partial charge on any atom is 0.417 e. The van der Waals surface area contributed by atoms with Gasteiger partial charge in [0.1, 0.15) is 12.4 Å². The summed E-state index contributed by atoms with van der Waals surface area (Å²) in [5.74, 6) is 0.596. The lowest BCUT2D eigenvalue weighted by Gasteiger charge is -2.14. The first kappa shape index (κ1) is 19.2.